The predicted molar refractivity (Wildman–Crippen MR) is 130 cm³/mol. The van der Waals surface area contributed by atoms with Crippen LogP contribution in [0.2, 0.25) is 0 Å². The molecule has 2 aromatic carbocycles. The summed E-state index contributed by atoms with van der Waals surface area (Å²) in [6.07, 6.45) is 9.35. The Morgan fingerprint density at radius 2 is 1.53 bits per heavy atom. The third-order valence-corrected chi connectivity index (χ3v) is 17.4. The molecule has 0 fully saturated rings. The van der Waals surface area contributed by atoms with Gasteiger partial charge in [-0.15, -0.1) is 0 Å². The Kier molecular flexibility index (Phi) is 8.46. The molecule has 0 saturated carbocycles. The van der Waals surface area contributed by atoms with Crippen LogP contribution in [0.1, 0.15) is 84.1 Å². The van der Waals surface area contributed by atoms with Gasteiger partial charge in [0.1, 0.15) is 0 Å². The Labute approximate surface area is 215 Å². The third-order valence-electron chi connectivity index (χ3n) is 6.61. The molecule has 0 bridgehead atoms. The molecular formula is C29H36Cl2Hf. The smallest absolute Gasteiger partial charge is 1.00 e. The molecule has 0 aliphatic heterocycles. The molecule has 0 unspecified atom stereocenters. The molecule has 0 heterocycles. The van der Waals surface area contributed by atoms with E-state index in [9.17, 15) is 0 Å². The van der Waals surface area contributed by atoms with Gasteiger partial charge in [-0.05, 0) is 0 Å². The average Bonchev–Trinajstić information content (AvgIpc) is 3.27. The van der Waals surface area contributed by atoms with Crippen molar-refractivity contribution < 1.29 is 45.8 Å². The van der Waals surface area contributed by atoms with Gasteiger partial charge in [0.25, 0.3) is 0 Å². The summed E-state index contributed by atoms with van der Waals surface area (Å²) in [5.41, 5.74) is 9.59. The Morgan fingerprint density at radius 1 is 0.844 bits per heavy atom. The van der Waals surface area contributed by atoms with Crippen molar-refractivity contribution in [3.63, 3.8) is 0 Å². The van der Waals surface area contributed by atoms with E-state index in [4.69, 9.17) is 0 Å². The van der Waals surface area contributed by atoms with Crippen LogP contribution in [0.15, 0.2) is 51.9 Å². The van der Waals surface area contributed by atoms with E-state index in [2.05, 4.69) is 104 Å². The van der Waals surface area contributed by atoms with Crippen molar-refractivity contribution in [2.24, 2.45) is 0 Å². The summed E-state index contributed by atoms with van der Waals surface area (Å²) in [6.45, 7) is 19.0. The number of halogens is 2. The second-order valence-electron chi connectivity index (χ2n) is 11.3. The van der Waals surface area contributed by atoms with Crippen LogP contribution in [-0.4, -0.2) is 3.26 Å². The van der Waals surface area contributed by atoms with Crippen molar-refractivity contribution in [2.75, 3.05) is 0 Å². The van der Waals surface area contributed by atoms with E-state index in [0.717, 1.165) is 6.42 Å². The van der Waals surface area contributed by atoms with E-state index >= 15 is 0 Å². The second-order valence-corrected chi connectivity index (χ2v) is 21.8. The maximum Gasteiger partial charge on any atom is -1.00 e. The maximum atomic E-state index is 2.62. The van der Waals surface area contributed by atoms with Gasteiger partial charge < -0.3 is 24.8 Å². The Hall–Kier alpha value is -0.760. The Morgan fingerprint density at radius 3 is 2.06 bits per heavy atom. The van der Waals surface area contributed by atoms with Gasteiger partial charge in [0, 0.05) is 0 Å². The molecule has 0 amide bonds. The van der Waals surface area contributed by atoms with Crippen LogP contribution < -0.4 is 28.1 Å². The minimum absolute atomic E-state index is 0. The Balaban J connectivity index is 0.00000181. The fourth-order valence-corrected chi connectivity index (χ4v) is 15.6. The molecular weight excluding hydrogens is 598 g/mol. The number of benzene rings is 2. The van der Waals surface area contributed by atoms with Crippen LogP contribution in [0.4, 0.5) is 0 Å². The number of fused-ring (bicyclic) bond motifs is 3. The van der Waals surface area contributed by atoms with Gasteiger partial charge in [0.05, 0.1) is 0 Å². The fourth-order valence-electron chi connectivity index (χ4n) is 5.06. The molecule has 0 atom stereocenters. The van der Waals surface area contributed by atoms with E-state index in [0.29, 0.717) is 0 Å². The van der Waals surface area contributed by atoms with Gasteiger partial charge in [-0.3, -0.25) is 0 Å². The largest absolute Gasteiger partial charge is 1.00 e. The van der Waals surface area contributed by atoms with Crippen molar-refractivity contribution in [3.05, 3.63) is 74.1 Å². The zero-order valence-corrected chi connectivity index (χ0v) is 25.9. The third kappa shape index (κ3) is 5.01. The first-order valence-corrected chi connectivity index (χ1v) is 16.7. The monoisotopic (exact) mass is 634 g/mol. The summed E-state index contributed by atoms with van der Waals surface area (Å²) in [6, 6.07) is 12.1. The number of rotatable bonds is 2. The minimum atomic E-state index is -2.27. The van der Waals surface area contributed by atoms with E-state index < -0.39 is 21.0 Å². The van der Waals surface area contributed by atoms with Crippen molar-refractivity contribution in [1.29, 1.82) is 0 Å². The molecule has 2 aliphatic carbocycles. The van der Waals surface area contributed by atoms with Gasteiger partial charge in [-0.1, -0.05) is 0 Å². The van der Waals surface area contributed by atoms with E-state index in [1.54, 1.807) is 21.0 Å². The topological polar surface area (TPSA) is 0 Å². The normalized spacial score (nSPS) is 13.9. The molecule has 170 valence electrons. The summed E-state index contributed by atoms with van der Waals surface area (Å²) in [7, 11) is 0. The van der Waals surface area contributed by atoms with E-state index in [1.807, 2.05) is 0 Å². The van der Waals surface area contributed by atoms with E-state index in [1.165, 1.54) is 28.7 Å². The average molecular weight is 634 g/mol. The first-order valence-electron chi connectivity index (χ1n) is 11.3. The van der Waals surface area contributed by atoms with Crippen molar-refractivity contribution in [2.45, 2.75) is 79.1 Å². The molecule has 0 saturated heterocycles. The van der Waals surface area contributed by atoms with Crippen LogP contribution in [0, 0.1) is 0 Å². The zero-order valence-electron chi connectivity index (χ0n) is 20.8. The fraction of sp³-hybridized carbons (Fsp3) is 0.414. The summed E-state index contributed by atoms with van der Waals surface area (Å²) in [5.74, 6) is 0. The maximum absolute atomic E-state index is 2.62. The molecule has 0 spiro atoms. The summed E-state index contributed by atoms with van der Waals surface area (Å²) < 4.78 is 5.20. The standard InChI is InChI=1S/C21H25.C5H5.C3H6.2ClH.Hf/c1-20(2,3)15-11-10-14-12-18-16(17(14)13-15)8-7-9-19(18)21(4,5)6;1-2-4-5-3-1;1-3-2;;;/h7-9,11,13H,12H2,1-6H3;1-3H,4H2;1-2H3;2*1H;/q;;;;;+2/p-2. The molecule has 2 aliphatic rings. The quantitative estimate of drug-likeness (QED) is 0.372. The number of allylic oxidation sites excluding steroid dienone is 4. The van der Waals surface area contributed by atoms with Gasteiger partial charge in [0.15, 0.2) is 0 Å². The molecule has 0 radical (unpaired) electrons. The summed E-state index contributed by atoms with van der Waals surface area (Å²) in [5, 5.41) is 0. The minimum Gasteiger partial charge on any atom is -1.00 e. The molecule has 0 N–H and O–H groups in total. The molecule has 0 aromatic heterocycles. The van der Waals surface area contributed by atoms with Crippen molar-refractivity contribution in [3.8, 4) is 11.1 Å². The predicted octanol–water partition coefficient (Wildman–Crippen LogP) is 1.16. The molecule has 4 rings (SSSR count). The van der Waals surface area contributed by atoms with Gasteiger partial charge >= 0.3 is 192 Å². The number of hydrogen-bond acceptors (Lipinski definition) is 0. The first kappa shape index (κ1) is 27.5. The van der Waals surface area contributed by atoms with Crippen LogP contribution in [0.25, 0.3) is 11.1 Å². The van der Waals surface area contributed by atoms with Crippen LogP contribution >= 0.6 is 0 Å². The second kappa shape index (κ2) is 9.85. The van der Waals surface area contributed by atoms with Crippen molar-refractivity contribution in [1.82, 2.24) is 0 Å². The van der Waals surface area contributed by atoms with Gasteiger partial charge in [-0.2, -0.15) is 0 Å². The number of hydrogen-bond donors (Lipinski definition) is 0. The Bertz CT molecular complexity index is 1120. The zero-order chi connectivity index (χ0) is 21.8. The van der Waals surface area contributed by atoms with Crippen LogP contribution in [0.3, 0.4) is 0 Å². The molecule has 3 heteroatoms. The molecule has 32 heavy (non-hydrogen) atoms. The van der Waals surface area contributed by atoms with Gasteiger partial charge in [0.2, 0.25) is 0 Å². The first-order chi connectivity index (χ1) is 14.0. The van der Waals surface area contributed by atoms with Crippen LogP contribution in [0.5, 0.6) is 0 Å². The van der Waals surface area contributed by atoms with E-state index in [-0.39, 0.29) is 35.6 Å². The molecule has 2 aromatic rings. The van der Waals surface area contributed by atoms with Gasteiger partial charge in [-0.25, -0.2) is 0 Å². The molecule has 0 nitrogen and oxygen atoms in total. The SMILES string of the molecule is C[C](C)=[Hf+2]([C]1=CC=CC1)[c]1cc(C(C)(C)C)cc2c1Cc1c-2cccc1C(C)(C)C.[Cl-].[Cl-]. The summed E-state index contributed by atoms with van der Waals surface area (Å²) >= 11 is -2.27. The summed E-state index contributed by atoms with van der Waals surface area (Å²) in [4.78, 5) is 0. The van der Waals surface area contributed by atoms with Crippen LogP contribution in [-0.2, 0) is 38.2 Å². The van der Waals surface area contributed by atoms with Crippen molar-refractivity contribution >= 4 is 6.58 Å².